The number of aromatic nitrogens is 2. The van der Waals surface area contributed by atoms with Gasteiger partial charge in [-0.05, 0) is 38.6 Å². The van der Waals surface area contributed by atoms with Gasteiger partial charge in [-0.25, -0.2) is 19.2 Å². The number of nitrogens with two attached hydrogens (primary N) is 1. The molecule has 144 valence electrons. The maximum absolute atomic E-state index is 13.8. The Balaban J connectivity index is 1.62. The van der Waals surface area contributed by atoms with E-state index < -0.39 is 5.82 Å². The van der Waals surface area contributed by atoms with E-state index in [1.165, 1.54) is 24.5 Å². The smallest absolute Gasteiger partial charge is 0.322 e. The lowest BCUT2D eigenvalue weighted by molar-refractivity contribution is 0.201. The minimum atomic E-state index is -0.598. The molecule has 3 rings (SSSR count). The van der Waals surface area contributed by atoms with Gasteiger partial charge in [0.05, 0.1) is 0 Å². The number of urea groups is 1. The van der Waals surface area contributed by atoms with Crippen LogP contribution in [-0.4, -0.2) is 59.0 Å². The van der Waals surface area contributed by atoms with Gasteiger partial charge in [0.25, 0.3) is 0 Å². The number of amides is 2. The number of benzene rings is 1. The van der Waals surface area contributed by atoms with Crippen LogP contribution < -0.4 is 15.8 Å². The first-order valence-electron chi connectivity index (χ1n) is 8.69. The molecule has 2 amide bonds. The van der Waals surface area contributed by atoms with E-state index in [-0.39, 0.29) is 23.5 Å². The molecule has 1 fully saturated rings. The molecule has 1 aliphatic heterocycles. The summed E-state index contributed by atoms with van der Waals surface area (Å²) in [6.07, 6.45) is 3.46. The van der Waals surface area contributed by atoms with Crippen LogP contribution in [0.1, 0.15) is 12.8 Å². The Kier molecular flexibility index (Phi) is 5.70. The van der Waals surface area contributed by atoms with E-state index in [2.05, 4.69) is 27.2 Å². The molecule has 1 aromatic heterocycles. The lowest BCUT2D eigenvalue weighted by Crippen LogP contribution is -2.41. The molecule has 1 atom stereocenters. The van der Waals surface area contributed by atoms with Crippen LogP contribution in [0, 0.1) is 5.82 Å². The summed E-state index contributed by atoms with van der Waals surface area (Å²) in [6, 6.07) is 5.61. The SMILES string of the molecule is CN(C[C@H]1CCCN1C)C(=O)Nc1cc(Oc2ccc(N)cc2F)ncn1. The van der Waals surface area contributed by atoms with E-state index in [4.69, 9.17) is 10.5 Å². The minimum absolute atomic E-state index is 0.0124. The fraction of sp³-hybridized carbons (Fsp3) is 0.389. The Hall–Kier alpha value is -2.94. The predicted octanol–water partition coefficient (Wildman–Crippen LogP) is 2.55. The molecule has 0 saturated carbocycles. The number of nitrogens with one attached hydrogen (secondary N) is 1. The first-order chi connectivity index (χ1) is 12.9. The van der Waals surface area contributed by atoms with Crippen LogP contribution in [0.4, 0.5) is 20.7 Å². The topological polar surface area (TPSA) is 96.6 Å². The van der Waals surface area contributed by atoms with E-state index in [1.54, 1.807) is 11.9 Å². The highest BCUT2D eigenvalue weighted by Crippen LogP contribution is 2.25. The number of hydrogen-bond donors (Lipinski definition) is 2. The van der Waals surface area contributed by atoms with Crippen molar-refractivity contribution in [1.29, 1.82) is 0 Å². The van der Waals surface area contributed by atoms with E-state index in [0.717, 1.165) is 25.5 Å². The number of anilines is 2. The third kappa shape index (κ3) is 4.82. The van der Waals surface area contributed by atoms with Crippen molar-refractivity contribution in [2.45, 2.75) is 18.9 Å². The van der Waals surface area contributed by atoms with Crippen molar-refractivity contribution in [3.05, 3.63) is 36.4 Å². The molecule has 0 unspecified atom stereocenters. The maximum Gasteiger partial charge on any atom is 0.322 e. The minimum Gasteiger partial charge on any atom is -0.436 e. The van der Waals surface area contributed by atoms with E-state index in [0.29, 0.717) is 18.3 Å². The second-order valence-electron chi connectivity index (χ2n) is 6.62. The van der Waals surface area contributed by atoms with Gasteiger partial charge >= 0.3 is 6.03 Å². The highest BCUT2D eigenvalue weighted by molar-refractivity contribution is 5.88. The van der Waals surface area contributed by atoms with Gasteiger partial charge in [0, 0.05) is 37.5 Å². The van der Waals surface area contributed by atoms with E-state index in [1.807, 2.05) is 0 Å². The second kappa shape index (κ2) is 8.17. The van der Waals surface area contributed by atoms with Crippen molar-refractivity contribution in [2.75, 3.05) is 38.2 Å². The van der Waals surface area contributed by atoms with Crippen molar-refractivity contribution in [3.63, 3.8) is 0 Å². The molecule has 2 aromatic rings. The van der Waals surface area contributed by atoms with Crippen molar-refractivity contribution >= 4 is 17.5 Å². The third-order valence-electron chi connectivity index (χ3n) is 4.55. The predicted molar refractivity (Wildman–Crippen MR) is 100 cm³/mol. The number of ether oxygens (including phenoxy) is 1. The number of halogens is 1. The summed E-state index contributed by atoms with van der Waals surface area (Å²) >= 11 is 0. The highest BCUT2D eigenvalue weighted by atomic mass is 19.1. The average Bonchev–Trinajstić information content (AvgIpc) is 3.02. The Labute approximate surface area is 157 Å². The number of hydrogen-bond acceptors (Lipinski definition) is 6. The molecule has 2 heterocycles. The van der Waals surface area contributed by atoms with E-state index in [9.17, 15) is 9.18 Å². The van der Waals surface area contributed by atoms with Crippen molar-refractivity contribution in [1.82, 2.24) is 19.8 Å². The first kappa shape index (κ1) is 18.8. The van der Waals surface area contributed by atoms with Gasteiger partial charge in [0.2, 0.25) is 5.88 Å². The van der Waals surface area contributed by atoms with Crippen LogP contribution in [0.15, 0.2) is 30.6 Å². The van der Waals surface area contributed by atoms with Gasteiger partial charge < -0.3 is 20.3 Å². The lowest BCUT2D eigenvalue weighted by Gasteiger charge is -2.25. The molecule has 1 saturated heterocycles. The molecule has 8 nitrogen and oxygen atoms in total. The van der Waals surface area contributed by atoms with E-state index >= 15 is 0 Å². The molecule has 9 heteroatoms. The zero-order valence-corrected chi connectivity index (χ0v) is 15.4. The van der Waals surface area contributed by atoms with Gasteiger partial charge in [-0.1, -0.05) is 0 Å². The van der Waals surface area contributed by atoms with Gasteiger partial charge in [-0.3, -0.25) is 5.32 Å². The number of carbonyl (C=O) groups is 1. The first-order valence-corrected chi connectivity index (χ1v) is 8.69. The molecule has 3 N–H and O–H groups in total. The fourth-order valence-corrected chi connectivity index (χ4v) is 2.99. The molecule has 0 aliphatic carbocycles. The van der Waals surface area contributed by atoms with Gasteiger partial charge in [0.15, 0.2) is 11.6 Å². The van der Waals surface area contributed by atoms with Crippen molar-refractivity contribution < 1.29 is 13.9 Å². The summed E-state index contributed by atoms with van der Waals surface area (Å²) in [5.41, 5.74) is 5.82. The number of carbonyl (C=O) groups excluding carboxylic acids is 1. The largest absolute Gasteiger partial charge is 0.436 e. The molecule has 1 aliphatic rings. The van der Waals surface area contributed by atoms with Crippen LogP contribution in [0.2, 0.25) is 0 Å². The molecule has 0 bridgehead atoms. The van der Waals surface area contributed by atoms with Crippen LogP contribution in [-0.2, 0) is 0 Å². The number of nitrogen functional groups attached to an aromatic ring is 1. The van der Waals surface area contributed by atoms with Crippen LogP contribution >= 0.6 is 0 Å². The van der Waals surface area contributed by atoms with Crippen LogP contribution in [0.5, 0.6) is 11.6 Å². The number of rotatable bonds is 5. The Morgan fingerprint density at radius 3 is 2.96 bits per heavy atom. The number of likely N-dealkylation sites (tertiary alicyclic amines) is 1. The summed E-state index contributed by atoms with van der Waals surface area (Å²) < 4.78 is 19.3. The van der Waals surface area contributed by atoms with Crippen molar-refractivity contribution in [3.8, 4) is 11.6 Å². The molecule has 1 aromatic carbocycles. The summed E-state index contributed by atoms with van der Waals surface area (Å²) in [6.45, 7) is 1.68. The standard InChI is InChI=1S/C18H23FN6O2/c1-24-7-3-4-13(24)10-25(2)18(26)23-16-9-17(22-11-21-16)27-15-6-5-12(20)8-14(15)19/h5-6,8-9,11,13H,3-4,7,10,20H2,1-2H3,(H,21,22,23,26)/t13-/m1/s1. The molecular weight excluding hydrogens is 351 g/mol. The Morgan fingerprint density at radius 2 is 2.26 bits per heavy atom. The molecule has 0 spiro atoms. The molecular formula is C18H23FN6O2. The third-order valence-corrected chi connectivity index (χ3v) is 4.55. The van der Waals surface area contributed by atoms with Crippen molar-refractivity contribution in [2.24, 2.45) is 0 Å². The fourth-order valence-electron chi connectivity index (χ4n) is 2.99. The normalized spacial score (nSPS) is 16.9. The monoisotopic (exact) mass is 374 g/mol. The zero-order chi connectivity index (χ0) is 19.4. The van der Waals surface area contributed by atoms with Crippen LogP contribution in [0.3, 0.4) is 0 Å². The summed E-state index contributed by atoms with van der Waals surface area (Å²) in [7, 11) is 3.80. The van der Waals surface area contributed by atoms with Crippen LogP contribution in [0.25, 0.3) is 0 Å². The summed E-state index contributed by atoms with van der Waals surface area (Å²) in [5, 5.41) is 2.70. The zero-order valence-electron chi connectivity index (χ0n) is 15.4. The Morgan fingerprint density at radius 1 is 1.44 bits per heavy atom. The Bertz CT molecular complexity index is 818. The summed E-state index contributed by atoms with van der Waals surface area (Å²) in [4.78, 5) is 24.2. The van der Waals surface area contributed by atoms with Gasteiger partial charge in [-0.15, -0.1) is 0 Å². The average molecular weight is 374 g/mol. The highest BCUT2D eigenvalue weighted by Gasteiger charge is 2.24. The second-order valence-corrected chi connectivity index (χ2v) is 6.62. The molecule has 0 radical (unpaired) electrons. The quantitative estimate of drug-likeness (QED) is 0.781. The lowest BCUT2D eigenvalue weighted by atomic mass is 10.2. The number of nitrogens with zero attached hydrogens (tertiary/aromatic N) is 4. The maximum atomic E-state index is 13.8. The number of likely N-dealkylation sites (N-methyl/N-ethyl adjacent to an activating group) is 2. The summed E-state index contributed by atoms with van der Waals surface area (Å²) in [5.74, 6) is -0.226. The molecule has 27 heavy (non-hydrogen) atoms. The van der Waals surface area contributed by atoms with Gasteiger partial charge in [-0.2, -0.15) is 0 Å². The van der Waals surface area contributed by atoms with Gasteiger partial charge in [0.1, 0.15) is 12.1 Å².